The van der Waals surface area contributed by atoms with Gasteiger partial charge in [-0.25, -0.2) is 0 Å². The number of rotatable bonds is 5. The minimum atomic E-state index is 0.0102. The highest BCUT2D eigenvalue weighted by atomic mass is 35.5. The van der Waals surface area contributed by atoms with E-state index in [0.717, 1.165) is 13.1 Å². The number of anilines is 1. The molecule has 1 atom stereocenters. The van der Waals surface area contributed by atoms with Crippen LogP contribution < -0.4 is 4.90 Å². The minimum Gasteiger partial charge on any atom is -0.370 e. The molecule has 0 aliphatic carbocycles. The Hall–Kier alpha value is -1.47. The van der Waals surface area contributed by atoms with Crippen LogP contribution in [-0.2, 0) is 0 Å². The molecule has 0 N–H and O–H groups in total. The Morgan fingerprint density at radius 1 is 1.00 bits per heavy atom. The lowest BCUT2D eigenvalue weighted by atomic mass is 10.1. The quantitative estimate of drug-likeness (QED) is 0.691. The summed E-state index contributed by atoms with van der Waals surface area (Å²) in [6.45, 7) is 8.16. The van der Waals surface area contributed by atoms with Crippen molar-refractivity contribution in [2.24, 2.45) is 0 Å². The standard InChI is InChI=1S/C18H22ClN/c1-4-20(17-7-5-6-15(3)12-17)13-18(19)16-10-8-14(2)9-11-16/h5-12,18H,4,13H2,1-3H3. The number of halogens is 1. The van der Waals surface area contributed by atoms with Crippen molar-refractivity contribution >= 4 is 17.3 Å². The Bertz CT molecular complexity index is 548. The van der Waals surface area contributed by atoms with Gasteiger partial charge in [0.05, 0.1) is 5.38 Å². The second-order valence-electron chi connectivity index (χ2n) is 5.26. The number of nitrogens with zero attached hydrogens (tertiary/aromatic N) is 1. The van der Waals surface area contributed by atoms with Gasteiger partial charge in [0.2, 0.25) is 0 Å². The molecule has 0 saturated carbocycles. The molecule has 0 bridgehead atoms. The van der Waals surface area contributed by atoms with Crippen molar-refractivity contribution in [1.29, 1.82) is 0 Å². The lowest BCUT2D eigenvalue weighted by Crippen LogP contribution is -2.26. The van der Waals surface area contributed by atoms with Crippen molar-refractivity contribution in [3.8, 4) is 0 Å². The SMILES string of the molecule is CCN(CC(Cl)c1ccc(C)cc1)c1cccc(C)c1. The maximum Gasteiger partial charge on any atom is 0.0760 e. The van der Waals surface area contributed by atoms with Crippen LogP contribution >= 0.6 is 11.6 Å². The summed E-state index contributed by atoms with van der Waals surface area (Å²) in [5.74, 6) is 0. The van der Waals surface area contributed by atoms with Gasteiger partial charge in [-0.05, 0) is 44.0 Å². The van der Waals surface area contributed by atoms with Gasteiger partial charge in [0.25, 0.3) is 0 Å². The molecule has 0 aliphatic rings. The number of hydrogen-bond acceptors (Lipinski definition) is 1. The van der Waals surface area contributed by atoms with E-state index >= 15 is 0 Å². The molecule has 0 aromatic heterocycles. The summed E-state index contributed by atoms with van der Waals surface area (Å²) in [5.41, 5.74) is 4.97. The molecule has 1 nitrogen and oxygen atoms in total. The summed E-state index contributed by atoms with van der Waals surface area (Å²) in [6, 6.07) is 17.1. The highest BCUT2D eigenvalue weighted by Gasteiger charge is 2.13. The summed E-state index contributed by atoms with van der Waals surface area (Å²) < 4.78 is 0. The summed E-state index contributed by atoms with van der Waals surface area (Å²) >= 11 is 6.58. The van der Waals surface area contributed by atoms with E-state index in [-0.39, 0.29) is 5.38 Å². The van der Waals surface area contributed by atoms with Crippen LogP contribution in [0.5, 0.6) is 0 Å². The molecule has 0 fully saturated rings. The zero-order valence-electron chi connectivity index (χ0n) is 12.4. The van der Waals surface area contributed by atoms with E-state index in [4.69, 9.17) is 11.6 Å². The van der Waals surface area contributed by atoms with Crippen LogP contribution in [0.25, 0.3) is 0 Å². The molecular weight excluding hydrogens is 266 g/mol. The van der Waals surface area contributed by atoms with Gasteiger partial charge in [0.1, 0.15) is 0 Å². The Morgan fingerprint density at radius 3 is 2.30 bits per heavy atom. The molecule has 2 rings (SSSR count). The highest BCUT2D eigenvalue weighted by Crippen LogP contribution is 2.25. The van der Waals surface area contributed by atoms with Crippen molar-refractivity contribution in [2.75, 3.05) is 18.0 Å². The van der Waals surface area contributed by atoms with Crippen LogP contribution in [0.1, 0.15) is 29.0 Å². The van der Waals surface area contributed by atoms with Crippen molar-refractivity contribution in [1.82, 2.24) is 0 Å². The first-order valence-electron chi connectivity index (χ1n) is 7.12. The molecule has 2 heteroatoms. The van der Waals surface area contributed by atoms with Gasteiger partial charge in [-0.2, -0.15) is 0 Å². The molecule has 0 saturated heterocycles. The predicted octanol–water partition coefficient (Wildman–Crippen LogP) is 5.11. The van der Waals surface area contributed by atoms with E-state index in [9.17, 15) is 0 Å². The van der Waals surface area contributed by atoms with Crippen molar-refractivity contribution < 1.29 is 0 Å². The fourth-order valence-corrected chi connectivity index (χ4v) is 2.63. The first-order chi connectivity index (χ1) is 9.60. The Morgan fingerprint density at radius 2 is 1.70 bits per heavy atom. The second kappa shape index (κ2) is 6.81. The highest BCUT2D eigenvalue weighted by molar-refractivity contribution is 6.21. The smallest absolute Gasteiger partial charge is 0.0760 e. The third-order valence-electron chi connectivity index (χ3n) is 3.57. The lowest BCUT2D eigenvalue weighted by Gasteiger charge is -2.26. The summed E-state index contributed by atoms with van der Waals surface area (Å²) in [5, 5.41) is 0.0102. The lowest BCUT2D eigenvalue weighted by molar-refractivity contribution is 0.790. The second-order valence-corrected chi connectivity index (χ2v) is 5.78. The zero-order valence-corrected chi connectivity index (χ0v) is 13.2. The van der Waals surface area contributed by atoms with Gasteiger partial charge in [-0.3, -0.25) is 0 Å². The van der Waals surface area contributed by atoms with Crippen molar-refractivity contribution in [3.05, 3.63) is 65.2 Å². The fraction of sp³-hybridized carbons (Fsp3) is 0.333. The van der Waals surface area contributed by atoms with Gasteiger partial charge in [-0.1, -0.05) is 42.0 Å². The van der Waals surface area contributed by atoms with Crippen LogP contribution in [0.3, 0.4) is 0 Å². The molecule has 0 aliphatic heterocycles. The average molecular weight is 288 g/mol. The van der Waals surface area contributed by atoms with E-state index in [0.29, 0.717) is 0 Å². The van der Waals surface area contributed by atoms with Gasteiger partial charge < -0.3 is 4.90 Å². The monoisotopic (exact) mass is 287 g/mol. The molecule has 0 heterocycles. The topological polar surface area (TPSA) is 3.24 Å². The maximum absolute atomic E-state index is 6.58. The number of alkyl halides is 1. The van der Waals surface area contributed by atoms with E-state index in [1.54, 1.807) is 0 Å². The normalized spacial score (nSPS) is 12.2. The number of hydrogen-bond donors (Lipinski definition) is 0. The molecule has 0 radical (unpaired) electrons. The van der Waals surface area contributed by atoms with Gasteiger partial charge >= 0.3 is 0 Å². The third kappa shape index (κ3) is 3.77. The van der Waals surface area contributed by atoms with Gasteiger partial charge in [-0.15, -0.1) is 11.6 Å². The Labute approximate surface area is 127 Å². The number of benzene rings is 2. The summed E-state index contributed by atoms with van der Waals surface area (Å²) in [6.07, 6.45) is 0. The number of likely N-dealkylation sites (N-methyl/N-ethyl adjacent to an activating group) is 1. The summed E-state index contributed by atoms with van der Waals surface area (Å²) in [7, 11) is 0. The minimum absolute atomic E-state index is 0.0102. The molecule has 0 spiro atoms. The largest absolute Gasteiger partial charge is 0.370 e. The number of aryl methyl sites for hydroxylation is 2. The first-order valence-corrected chi connectivity index (χ1v) is 7.56. The first kappa shape index (κ1) is 14.9. The van der Waals surface area contributed by atoms with Crippen LogP contribution in [0.4, 0.5) is 5.69 Å². The molecule has 106 valence electrons. The van der Waals surface area contributed by atoms with Crippen LogP contribution in [-0.4, -0.2) is 13.1 Å². The van der Waals surface area contributed by atoms with Crippen LogP contribution in [0, 0.1) is 13.8 Å². The Balaban J connectivity index is 2.11. The van der Waals surface area contributed by atoms with E-state index in [2.05, 4.69) is 74.2 Å². The van der Waals surface area contributed by atoms with Crippen LogP contribution in [0.15, 0.2) is 48.5 Å². The molecule has 2 aromatic rings. The third-order valence-corrected chi connectivity index (χ3v) is 3.96. The average Bonchev–Trinajstić information content (AvgIpc) is 2.45. The molecule has 2 aromatic carbocycles. The fourth-order valence-electron chi connectivity index (χ4n) is 2.32. The Kier molecular flexibility index (Phi) is 5.08. The molecule has 20 heavy (non-hydrogen) atoms. The van der Waals surface area contributed by atoms with Gasteiger partial charge in [0, 0.05) is 18.8 Å². The van der Waals surface area contributed by atoms with E-state index in [1.807, 2.05) is 0 Å². The predicted molar refractivity (Wildman–Crippen MR) is 88.8 cm³/mol. The van der Waals surface area contributed by atoms with Crippen molar-refractivity contribution in [3.63, 3.8) is 0 Å². The summed E-state index contributed by atoms with van der Waals surface area (Å²) in [4.78, 5) is 2.32. The van der Waals surface area contributed by atoms with E-state index in [1.165, 1.54) is 22.4 Å². The maximum atomic E-state index is 6.58. The molecule has 1 unspecified atom stereocenters. The molecule has 0 amide bonds. The van der Waals surface area contributed by atoms with Gasteiger partial charge in [0.15, 0.2) is 0 Å². The van der Waals surface area contributed by atoms with Crippen molar-refractivity contribution in [2.45, 2.75) is 26.1 Å². The molecular formula is C18H22ClN. The zero-order chi connectivity index (χ0) is 14.5. The van der Waals surface area contributed by atoms with Crippen LogP contribution in [0.2, 0.25) is 0 Å². The van der Waals surface area contributed by atoms with E-state index < -0.39 is 0 Å².